The van der Waals surface area contributed by atoms with Gasteiger partial charge in [-0.1, -0.05) is 47.5 Å². The predicted octanol–water partition coefficient (Wildman–Crippen LogP) is 4.72. The summed E-state index contributed by atoms with van der Waals surface area (Å²) in [5, 5.41) is 1.98. The molecule has 2 atom stereocenters. The zero-order valence-electron chi connectivity index (χ0n) is 14.1. The molecular formula is C17H34N2. The Kier molecular flexibility index (Phi) is 5.11. The van der Waals surface area contributed by atoms with Crippen molar-refractivity contribution < 1.29 is 0 Å². The van der Waals surface area contributed by atoms with Crippen molar-refractivity contribution in [2.75, 3.05) is 6.54 Å². The summed E-state index contributed by atoms with van der Waals surface area (Å²) in [7, 11) is 0. The summed E-state index contributed by atoms with van der Waals surface area (Å²) in [4.78, 5) is 0. The van der Waals surface area contributed by atoms with Gasteiger partial charge in [0.15, 0.2) is 0 Å². The Bertz CT molecular complexity index is 343. The molecule has 0 saturated heterocycles. The minimum absolute atomic E-state index is 0.287. The Morgan fingerprint density at radius 1 is 1.21 bits per heavy atom. The van der Waals surface area contributed by atoms with Crippen molar-refractivity contribution in [1.29, 1.82) is 0 Å². The van der Waals surface area contributed by atoms with Gasteiger partial charge in [-0.15, -0.1) is 0 Å². The highest BCUT2D eigenvalue weighted by molar-refractivity contribution is 5.19. The summed E-state index contributed by atoms with van der Waals surface area (Å²) in [6, 6.07) is 0. The van der Waals surface area contributed by atoms with Crippen molar-refractivity contribution in [1.82, 2.24) is 5.01 Å². The predicted molar refractivity (Wildman–Crippen MR) is 84.5 cm³/mol. The highest BCUT2D eigenvalue weighted by atomic mass is 15.4. The summed E-state index contributed by atoms with van der Waals surface area (Å²) < 4.78 is 0. The summed E-state index contributed by atoms with van der Waals surface area (Å²) in [6.07, 6.45) is 5.08. The van der Waals surface area contributed by atoms with Gasteiger partial charge >= 0.3 is 0 Å². The Labute approximate surface area is 120 Å². The lowest BCUT2D eigenvalue weighted by atomic mass is 9.64. The molecule has 0 aromatic carbocycles. The molecule has 1 aliphatic rings. The maximum absolute atomic E-state index is 6.28. The molecule has 0 radical (unpaired) electrons. The average molecular weight is 266 g/mol. The molecule has 0 aliphatic carbocycles. The Morgan fingerprint density at radius 2 is 1.79 bits per heavy atom. The van der Waals surface area contributed by atoms with E-state index in [1.807, 2.05) is 5.01 Å². The van der Waals surface area contributed by atoms with Gasteiger partial charge in [-0.2, -0.15) is 0 Å². The normalized spacial score (nSPS) is 30.0. The fourth-order valence-electron chi connectivity index (χ4n) is 3.44. The first-order valence-electron chi connectivity index (χ1n) is 7.84. The summed E-state index contributed by atoms with van der Waals surface area (Å²) in [5.41, 5.74) is 3.35. The van der Waals surface area contributed by atoms with Gasteiger partial charge in [-0.25, -0.2) is 5.84 Å². The largest absolute Gasteiger partial charge is 0.315 e. The van der Waals surface area contributed by atoms with Crippen LogP contribution < -0.4 is 5.84 Å². The van der Waals surface area contributed by atoms with Gasteiger partial charge in [0.2, 0.25) is 0 Å². The van der Waals surface area contributed by atoms with E-state index in [0.29, 0.717) is 5.41 Å². The van der Waals surface area contributed by atoms with Crippen molar-refractivity contribution >= 4 is 0 Å². The third-order valence-electron chi connectivity index (χ3n) is 5.56. The van der Waals surface area contributed by atoms with Crippen LogP contribution in [0.3, 0.4) is 0 Å². The van der Waals surface area contributed by atoms with E-state index >= 15 is 0 Å². The van der Waals surface area contributed by atoms with Crippen LogP contribution in [0.15, 0.2) is 11.3 Å². The Balaban J connectivity index is 3.17. The van der Waals surface area contributed by atoms with Crippen molar-refractivity contribution in [2.24, 2.45) is 22.6 Å². The zero-order valence-corrected chi connectivity index (χ0v) is 14.1. The van der Waals surface area contributed by atoms with Crippen LogP contribution in [0, 0.1) is 16.7 Å². The Hall–Kier alpha value is -0.500. The topological polar surface area (TPSA) is 29.3 Å². The van der Waals surface area contributed by atoms with Crippen LogP contribution in [0.2, 0.25) is 0 Å². The monoisotopic (exact) mass is 266 g/mol. The average Bonchev–Trinajstić information content (AvgIpc) is 2.33. The maximum Gasteiger partial charge on any atom is 0.0389 e. The molecule has 1 heterocycles. The lowest BCUT2D eigenvalue weighted by molar-refractivity contribution is 0.126. The number of nitrogens with zero attached hydrogens (tertiary/aromatic N) is 1. The van der Waals surface area contributed by atoms with Gasteiger partial charge in [0.25, 0.3) is 0 Å². The van der Waals surface area contributed by atoms with Crippen molar-refractivity contribution in [3.63, 3.8) is 0 Å². The fraction of sp³-hybridized carbons (Fsp3) is 0.882. The van der Waals surface area contributed by atoms with E-state index in [9.17, 15) is 0 Å². The highest BCUT2D eigenvalue weighted by Gasteiger charge is 2.38. The second-order valence-electron chi connectivity index (χ2n) is 7.61. The molecule has 1 rings (SSSR count). The second-order valence-corrected chi connectivity index (χ2v) is 7.61. The number of allylic oxidation sites excluding steroid dienone is 2. The maximum atomic E-state index is 6.28. The number of hydrogen-bond acceptors (Lipinski definition) is 2. The highest BCUT2D eigenvalue weighted by Crippen LogP contribution is 2.47. The van der Waals surface area contributed by atoms with Gasteiger partial charge < -0.3 is 5.01 Å². The van der Waals surface area contributed by atoms with Crippen LogP contribution >= 0.6 is 0 Å². The standard InChI is InChI=1S/C17H34N2/c1-8-9-13(2)17(7)11-10-16(5,6)12-19(18)15(4)14(17)3/h13H,8-12,18H2,1-7H3. The quantitative estimate of drug-likeness (QED) is 0.749. The summed E-state index contributed by atoms with van der Waals surface area (Å²) in [5.74, 6) is 7.00. The van der Waals surface area contributed by atoms with E-state index in [-0.39, 0.29) is 5.41 Å². The van der Waals surface area contributed by atoms with Crippen LogP contribution in [0.1, 0.15) is 74.1 Å². The van der Waals surface area contributed by atoms with Crippen molar-refractivity contribution in [3.05, 3.63) is 11.3 Å². The molecule has 2 heteroatoms. The van der Waals surface area contributed by atoms with E-state index in [4.69, 9.17) is 5.84 Å². The number of hydrogen-bond donors (Lipinski definition) is 1. The third-order valence-corrected chi connectivity index (χ3v) is 5.56. The first-order chi connectivity index (χ1) is 8.64. The molecule has 1 aliphatic heterocycles. The number of nitrogens with two attached hydrogens (primary N) is 1. The number of rotatable bonds is 3. The molecule has 2 N–H and O–H groups in total. The van der Waals surface area contributed by atoms with Crippen LogP contribution in [-0.4, -0.2) is 11.6 Å². The lowest BCUT2D eigenvalue weighted by Gasteiger charge is -2.45. The van der Waals surface area contributed by atoms with Gasteiger partial charge in [0, 0.05) is 12.2 Å². The molecule has 0 fully saturated rings. The smallest absolute Gasteiger partial charge is 0.0389 e. The molecule has 0 aromatic rings. The van der Waals surface area contributed by atoms with Gasteiger partial charge in [0.05, 0.1) is 0 Å². The van der Waals surface area contributed by atoms with E-state index in [1.54, 1.807) is 0 Å². The summed E-state index contributed by atoms with van der Waals surface area (Å²) in [6.45, 7) is 17.3. The zero-order chi connectivity index (χ0) is 14.8. The fourth-order valence-corrected chi connectivity index (χ4v) is 3.44. The molecule has 2 nitrogen and oxygen atoms in total. The first-order valence-corrected chi connectivity index (χ1v) is 7.84. The third kappa shape index (κ3) is 3.53. The second kappa shape index (κ2) is 5.87. The van der Waals surface area contributed by atoms with Crippen LogP contribution in [0.5, 0.6) is 0 Å². The molecule has 19 heavy (non-hydrogen) atoms. The molecule has 0 saturated carbocycles. The van der Waals surface area contributed by atoms with E-state index in [0.717, 1.165) is 12.5 Å². The summed E-state index contributed by atoms with van der Waals surface area (Å²) >= 11 is 0. The minimum atomic E-state index is 0.287. The van der Waals surface area contributed by atoms with Crippen molar-refractivity contribution in [2.45, 2.75) is 74.1 Å². The van der Waals surface area contributed by atoms with Crippen molar-refractivity contribution in [3.8, 4) is 0 Å². The first kappa shape index (κ1) is 16.6. The molecule has 0 spiro atoms. The molecular weight excluding hydrogens is 232 g/mol. The van der Waals surface area contributed by atoms with E-state index in [1.165, 1.54) is 37.0 Å². The Morgan fingerprint density at radius 3 is 2.32 bits per heavy atom. The number of hydrazine groups is 1. The molecule has 2 unspecified atom stereocenters. The van der Waals surface area contributed by atoms with E-state index < -0.39 is 0 Å². The molecule has 0 amide bonds. The minimum Gasteiger partial charge on any atom is -0.315 e. The van der Waals surface area contributed by atoms with Gasteiger partial charge in [-0.05, 0) is 49.0 Å². The molecule has 0 aromatic heterocycles. The van der Waals surface area contributed by atoms with Crippen LogP contribution in [-0.2, 0) is 0 Å². The lowest BCUT2D eigenvalue weighted by Crippen LogP contribution is -2.43. The van der Waals surface area contributed by atoms with Gasteiger partial charge in [-0.3, -0.25) is 0 Å². The van der Waals surface area contributed by atoms with Crippen LogP contribution in [0.25, 0.3) is 0 Å². The SMILES string of the molecule is CCCC(C)C1(C)CCC(C)(C)CN(N)C(C)=C1C. The van der Waals surface area contributed by atoms with Gasteiger partial charge in [0.1, 0.15) is 0 Å². The molecule has 112 valence electrons. The van der Waals surface area contributed by atoms with Crippen LogP contribution in [0.4, 0.5) is 0 Å². The molecule has 0 bridgehead atoms. The van der Waals surface area contributed by atoms with E-state index in [2.05, 4.69) is 48.5 Å².